The maximum atomic E-state index is 9.16. The molecule has 1 heterocycles. The molecule has 1 aromatic heterocycles. The second-order valence-corrected chi connectivity index (χ2v) is 4.06. The molecule has 0 spiro atoms. The van der Waals surface area contributed by atoms with E-state index in [1.54, 1.807) is 6.07 Å². The van der Waals surface area contributed by atoms with E-state index in [9.17, 15) is 0 Å². The molecule has 16 heavy (non-hydrogen) atoms. The predicted octanol–water partition coefficient (Wildman–Crippen LogP) is 1.41. The van der Waals surface area contributed by atoms with Crippen molar-refractivity contribution in [2.45, 2.75) is 12.8 Å². The van der Waals surface area contributed by atoms with Gasteiger partial charge in [0.15, 0.2) is 0 Å². The largest absolute Gasteiger partial charge is 0.396 e. The van der Waals surface area contributed by atoms with Crippen molar-refractivity contribution in [3.8, 4) is 0 Å². The second-order valence-electron chi connectivity index (χ2n) is 3.68. The first-order chi connectivity index (χ1) is 7.69. The van der Waals surface area contributed by atoms with Crippen molar-refractivity contribution in [1.29, 1.82) is 0 Å². The molecule has 0 bridgehead atoms. The molecule has 1 aliphatic carbocycles. The fourth-order valence-corrected chi connectivity index (χ4v) is 1.94. The van der Waals surface area contributed by atoms with Crippen molar-refractivity contribution >= 4 is 23.4 Å². The van der Waals surface area contributed by atoms with Crippen LogP contribution in [0.3, 0.4) is 0 Å². The van der Waals surface area contributed by atoms with Crippen molar-refractivity contribution in [3.63, 3.8) is 0 Å². The van der Waals surface area contributed by atoms with Crippen molar-refractivity contribution in [1.82, 2.24) is 9.97 Å². The van der Waals surface area contributed by atoms with Gasteiger partial charge in [0.2, 0.25) is 5.95 Å². The van der Waals surface area contributed by atoms with Crippen molar-refractivity contribution < 1.29 is 5.11 Å². The minimum atomic E-state index is 0.132. The van der Waals surface area contributed by atoms with Crippen LogP contribution in [-0.2, 0) is 0 Å². The Balaban J connectivity index is 2.14. The number of nitrogens with zero attached hydrogens (tertiary/aromatic N) is 2. The molecule has 0 radical (unpaired) electrons. The highest BCUT2D eigenvalue weighted by atomic mass is 35.5. The van der Waals surface area contributed by atoms with Gasteiger partial charge in [0.25, 0.3) is 0 Å². The Morgan fingerprint density at radius 1 is 1.56 bits per heavy atom. The van der Waals surface area contributed by atoms with Gasteiger partial charge < -0.3 is 16.2 Å². The summed E-state index contributed by atoms with van der Waals surface area (Å²) in [4.78, 5) is 7.79. The van der Waals surface area contributed by atoms with Crippen LogP contribution in [0.1, 0.15) is 12.8 Å². The summed E-state index contributed by atoms with van der Waals surface area (Å²) in [6.45, 7) is 0.132. The van der Waals surface area contributed by atoms with Crippen molar-refractivity contribution in [3.05, 3.63) is 23.0 Å². The van der Waals surface area contributed by atoms with Crippen LogP contribution < -0.4 is 11.1 Å². The normalized spacial score (nSPS) is 19.6. The summed E-state index contributed by atoms with van der Waals surface area (Å²) < 4.78 is 0. The van der Waals surface area contributed by atoms with E-state index in [2.05, 4.69) is 15.3 Å². The smallest absolute Gasteiger partial charge is 0.223 e. The SMILES string of the molecule is Nc1nc(Cl)cc(NC2=CCCC2CO)n1. The molecule has 0 saturated carbocycles. The van der Waals surface area contributed by atoms with E-state index >= 15 is 0 Å². The Morgan fingerprint density at radius 2 is 2.38 bits per heavy atom. The lowest BCUT2D eigenvalue weighted by molar-refractivity contribution is 0.246. The molecular weight excluding hydrogens is 228 g/mol. The van der Waals surface area contributed by atoms with Crippen LogP contribution in [0.2, 0.25) is 5.15 Å². The fourth-order valence-electron chi connectivity index (χ4n) is 1.75. The first-order valence-electron chi connectivity index (χ1n) is 5.07. The molecular formula is C10H13ClN4O. The van der Waals surface area contributed by atoms with Gasteiger partial charge in [-0.1, -0.05) is 17.7 Å². The van der Waals surface area contributed by atoms with E-state index in [-0.39, 0.29) is 18.5 Å². The fraction of sp³-hybridized carbons (Fsp3) is 0.400. The average Bonchev–Trinajstić information content (AvgIpc) is 2.63. The molecule has 2 rings (SSSR count). The number of nitrogens with two attached hydrogens (primary N) is 1. The third-order valence-electron chi connectivity index (χ3n) is 2.52. The zero-order valence-electron chi connectivity index (χ0n) is 8.65. The minimum absolute atomic E-state index is 0.132. The Hall–Kier alpha value is -1.33. The number of anilines is 2. The van der Waals surface area contributed by atoms with Crippen LogP contribution in [0.4, 0.5) is 11.8 Å². The van der Waals surface area contributed by atoms with Gasteiger partial charge in [-0.15, -0.1) is 0 Å². The monoisotopic (exact) mass is 240 g/mol. The number of aliphatic hydroxyl groups is 1. The molecule has 86 valence electrons. The third-order valence-corrected chi connectivity index (χ3v) is 2.72. The average molecular weight is 241 g/mol. The standard InChI is InChI=1S/C10H13ClN4O/c11-8-4-9(15-10(12)14-8)13-7-3-1-2-6(7)5-16/h3-4,6,16H,1-2,5H2,(H3,12,13,14,15). The molecule has 0 aliphatic heterocycles. The summed E-state index contributed by atoms with van der Waals surface area (Å²) in [5, 5.41) is 12.6. The van der Waals surface area contributed by atoms with E-state index < -0.39 is 0 Å². The molecule has 1 aromatic rings. The van der Waals surface area contributed by atoms with Crippen molar-refractivity contribution in [2.24, 2.45) is 5.92 Å². The molecule has 0 aromatic carbocycles. The van der Waals surface area contributed by atoms with Crippen LogP contribution in [0.25, 0.3) is 0 Å². The molecule has 1 atom stereocenters. The number of rotatable bonds is 3. The van der Waals surface area contributed by atoms with Crippen LogP contribution in [-0.4, -0.2) is 21.7 Å². The summed E-state index contributed by atoms with van der Waals surface area (Å²) in [6.07, 6.45) is 3.96. The summed E-state index contributed by atoms with van der Waals surface area (Å²) in [7, 11) is 0. The van der Waals surface area contributed by atoms with Gasteiger partial charge in [0, 0.05) is 17.7 Å². The van der Waals surface area contributed by atoms with Gasteiger partial charge in [-0.3, -0.25) is 0 Å². The number of halogens is 1. The quantitative estimate of drug-likeness (QED) is 0.696. The van der Waals surface area contributed by atoms with E-state index in [0.717, 1.165) is 18.5 Å². The number of nitrogens with one attached hydrogen (secondary N) is 1. The lowest BCUT2D eigenvalue weighted by atomic mass is 10.1. The Morgan fingerprint density at radius 3 is 3.06 bits per heavy atom. The number of hydrogen-bond donors (Lipinski definition) is 3. The Kier molecular flexibility index (Phi) is 3.26. The maximum Gasteiger partial charge on any atom is 0.223 e. The molecule has 1 aliphatic rings. The van der Waals surface area contributed by atoms with Crippen LogP contribution in [0.5, 0.6) is 0 Å². The maximum absolute atomic E-state index is 9.16. The highest BCUT2D eigenvalue weighted by Crippen LogP contribution is 2.26. The summed E-state index contributed by atoms with van der Waals surface area (Å²) in [5.74, 6) is 0.841. The minimum Gasteiger partial charge on any atom is -0.396 e. The highest BCUT2D eigenvalue weighted by molar-refractivity contribution is 6.29. The predicted molar refractivity (Wildman–Crippen MR) is 63.0 cm³/mol. The molecule has 0 fully saturated rings. The lowest BCUT2D eigenvalue weighted by Gasteiger charge is -2.13. The van der Waals surface area contributed by atoms with Gasteiger partial charge in [0.05, 0.1) is 6.61 Å². The van der Waals surface area contributed by atoms with Crippen LogP contribution in [0.15, 0.2) is 17.8 Å². The lowest BCUT2D eigenvalue weighted by Crippen LogP contribution is -2.13. The van der Waals surface area contributed by atoms with E-state index in [0.29, 0.717) is 11.0 Å². The Bertz CT molecular complexity index is 401. The van der Waals surface area contributed by atoms with E-state index in [1.807, 2.05) is 6.08 Å². The summed E-state index contributed by atoms with van der Waals surface area (Å²) in [6, 6.07) is 1.60. The Labute approximate surface area is 98.4 Å². The first kappa shape index (κ1) is 11.2. The van der Waals surface area contributed by atoms with Gasteiger partial charge in [0.1, 0.15) is 11.0 Å². The zero-order chi connectivity index (χ0) is 11.5. The van der Waals surface area contributed by atoms with E-state index in [4.69, 9.17) is 22.4 Å². The van der Waals surface area contributed by atoms with Crippen LogP contribution in [0, 0.1) is 5.92 Å². The van der Waals surface area contributed by atoms with Gasteiger partial charge in [-0.2, -0.15) is 4.98 Å². The molecule has 0 amide bonds. The van der Waals surface area contributed by atoms with Gasteiger partial charge >= 0.3 is 0 Å². The number of hydrogen-bond acceptors (Lipinski definition) is 5. The highest BCUT2D eigenvalue weighted by Gasteiger charge is 2.18. The number of aromatic nitrogens is 2. The topological polar surface area (TPSA) is 84.1 Å². The third kappa shape index (κ3) is 2.43. The number of aliphatic hydroxyl groups excluding tert-OH is 1. The van der Waals surface area contributed by atoms with Gasteiger partial charge in [-0.05, 0) is 12.8 Å². The number of allylic oxidation sites excluding steroid dienone is 1. The second kappa shape index (κ2) is 4.67. The van der Waals surface area contributed by atoms with Crippen LogP contribution >= 0.6 is 11.6 Å². The number of nitrogen functional groups attached to an aromatic ring is 1. The zero-order valence-corrected chi connectivity index (χ0v) is 9.41. The molecule has 5 nitrogen and oxygen atoms in total. The summed E-state index contributed by atoms with van der Waals surface area (Å²) in [5.41, 5.74) is 6.45. The van der Waals surface area contributed by atoms with E-state index in [1.165, 1.54) is 0 Å². The molecule has 6 heteroatoms. The molecule has 4 N–H and O–H groups in total. The van der Waals surface area contributed by atoms with Gasteiger partial charge in [-0.25, -0.2) is 4.98 Å². The summed E-state index contributed by atoms with van der Waals surface area (Å²) >= 11 is 5.77. The molecule has 0 saturated heterocycles. The van der Waals surface area contributed by atoms with Crippen molar-refractivity contribution in [2.75, 3.05) is 17.7 Å². The molecule has 1 unspecified atom stereocenters. The first-order valence-corrected chi connectivity index (χ1v) is 5.45.